The lowest BCUT2D eigenvalue weighted by Gasteiger charge is -2.37. The van der Waals surface area contributed by atoms with Crippen molar-refractivity contribution in [3.8, 4) is 0 Å². The maximum Gasteiger partial charge on any atom is 0.177 e. The van der Waals surface area contributed by atoms with Gasteiger partial charge in [-0.2, -0.15) is 5.10 Å². The van der Waals surface area contributed by atoms with E-state index in [0.717, 1.165) is 58.2 Å². The highest BCUT2D eigenvalue weighted by Crippen LogP contribution is 2.33. The number of aromatic amines is 1. The van der Waals surface area contributed by atoms with E-state index in [-0.39, 0.29) is 5.54 Å². The van der Waals surface area contributed by atoms with Gasteiger partial charge in [-0.15, -0.1) is 0 Å². The molecule has 9 heteroatoms. The van der Waals surface area contributed by atoms with Crippen LogP contribution in [0.15, 0.2) is 46.8 Å². The molecule has 0 unspecified atom stereocenters. The van der Waals surface area contributed by atoms with Crippen LogP contribution in [0.4, 0.5) is 5.82 Å². The molecule has 0 amide bonds. The fraction of sp³-hybridized carbons (Fsp3) is 0.316. The zero-order chi connectivity index (χ0) is 19.1. The summed E-state index contributed by atoms with van der Waals surface area (Å²) in [7, 11) is 0. The first-order chi connectivity index (χ1) is 13.6. The monoisotopic (exact) mass is 392 g/mol. The minimum absolute atomic E-state index is 0.0911. The van der Waals surface area contributed by atoms with Gasteiger partial charge >= 0.3 is 0 Å². The van der Waals surface area contributed by atoms with E-state index < -0.39 is 0 Å². The molecule has 5 rings (SSSR count). The van der Waals surface area contributed by atoms with Crippen molar-refractivity contribution in [1.82, 2.24) is 30.1 Å². The van der Waals surface area contributed by atoms with Crippen LogP contribution in [0.1, 0.15) is 19.8 Å². The number of nitrogens with two attached hydrogens (primary N) is 1. The summed E-state index contributed by atoms with van der Waals surface area (Å²) in [6.07, 6.45) is 5.28. The predicted octanol–water partition coefficient (Wildman–Crippen LogP) is 2.76. The molecule has 1 saturated heterocycles. The Morgan fingerprint density at radius 2 is 1.93 bits per heavy atom. The minimum atomic E-state index is -0.0911. The largest absolute Gasteiger partial charge is 0.355 e. The van der Waals surface area contributed by atoms with Crippen LogP contribution in [0.25, 0.3) is 22.1 Å². The third kappa shape index (κ3) is 3.16. The van der Waals surface area contributed by atoms with Gasteiger partial charge < -0.3 is 10.6 Å². The number of H-pyrrole nitrogens is 1. The number of fused-ring (bicyclic) bond motifs is 2. The molecule has 0 aliphatic carbocycles. The van der Waals surface area contributed by atoms with Crippen LogP contribution in [0.2, 0.25) is 0 Å². The quantitative estimate of drug-likeness (QED) is 0.512. The number of anilines is 1. The molecule has 3 N–H and O–H groups in total. The molecular weight excluding hydrogens is 372 g/mol. The van der Waals surface area contributed by atoms with Crippen molar-refractivity contribution in [2.45, 2.75) is 35.4 Å². The van der Waals surface area contributed by atoms with Crippen LogP contribution >= 0.6 is 11.8 Å². The number of nitrogens with zero attached hydrogens (tertiary/aromatic N) is 6. The van der Waals surface area contributed by atoms with Crippen LogP contribution in [0.3, 0.4) is 0 Å². The van der Waals surface area contributed by atoms with Crippen LogP contribution in [0.5, 0.6) is 0 Å². The zero-order valence-corrected chi connectivity index (χ0v) is 16.3. The molecule has 142 valence electrons. The number of benzene rings is 1. The molecule has 28 heavy (non-hydrogen) atoms. The average Bonchev–Trinajstić information content (AvgIpc) is 3.10. The van der Waals surface area contributed by atoms with Crippen LogP contribution in [-0.2, 0) is 0 Å². The van der Waals surface area contributed by atoms with Crippen LogP contribution in [0, 0.1) is 0 Å². The fourth-order valence-corrected chi connectivity index (χ4v) is 4.30. The number of nitrogens with one attached hydrogen (secondary N) is 1. The van der Waals surface area contributed by atoms with Crippen LogP contribution in [-0.4, -0.2) is 48.8 Å². The van der Waals surface area contributed by atoms with E-state index in [0.29, 0.717) is 5.65 Å². The van der Waals surface area contributed by atoms with Gasteiger partial charge in [0.15, 0.2) is 10.7 Å². The molecule has 1 aliphatic heterocycles. The topological polar surface area (TPSA) is 110 Å². The van der Waals surface area contributed by atoms with Gasteiger partial charge in [0, 0.05) is 24.0 Å². The summed E-state index contributed by atoms with van der Waals surface area (Å²) in [5, 5.41) is 10.0. The highest BCUT2D eigenvalue weighted by molar-refractivity contribution is 7.99. The van der Waals surface area contributed by atoms with E-state index in [2.05, 4.69) is 37.0 Å². The Hall–Kier alpha value is -2.78. The maximum absolute atomic E-state index is 6.23. The molecule has 1 fully saturated rings. The van der Waals surface area contributed by atoms with Gasteiger partial charge in [0.25, 0.3) is 0 Å². The Kier molecular flexibility index (Phi) is 4.13. The number of piperidine rings is 1. The fourth-order valence-electron chi connectivity index (χ4n) is 3.39. The lowest BCUT2D eigenvalue weighted by atomic mass is 9.91. The molecule has 0 spiro atoms. The first-order valence-electron chi connectivity index (χ1n) is 9.22. The van der Waals surface area contributed by atoms with Gasteiger partial charge in [-0.05, 0) is 37.6 Å². The Balaban J connectivity index is 1.44. The zero-order valence-electron chi connectivity index (χ0n) is 15.5. The third-order valence-electron chi connectivity index (χ3n) is 5.15. The summed E-state index contributed by atoms with van der Waals surface area (Å²) >= 11 is 1.47. The van der Waals surface area contributed by atoms with Gasteiger partial charge in [-0.3, -0.25) is 5.10 Å². The summed E-state index contributed by atoms with van der Waals surface area (Å²) < 4.78 is 0. The van der Waals surface area contributed by atoms with E-state index in [4.69, 9.17) is 10.7 Å². The van der Waals surface area contributed by atoms with E-state index in [9.17, 15) is 0 Å². The predicted molar refractivity (Wildman–Crippen MR) is 109 cm³/mol. The Labute approximate surface area is 166 Å². The lowest BCUT2D eigenvalue weighted by molar-refractivity contribution is 0.363. The van der Waals surface area contributed by atoms with Crippen molar-refractivity contribution >= 4 is 39.6 Å². The average molecular weight is 392 g/mol. The van der Waals surface area contributed by atoms with Crippen LogP contribution < -0.4 is 10.6 Å². The summed E-state index contributed by atoms with van der Waals surface area (Å²) in [5.74, 6) is 0.857. The van der Waals surface area contributed by atoms with Crippen molar-refractivity contribution in [1.29, 1.82) is 0 Å². The molecule has 1 aromatic carbocycles. The molecule has 8 nitrogen and oxygen atoms in total. The standard InChI is InChI=1S/C19H20N8S/c1-19(20)6-8-27(9-7-19)14-10-21-15-16(24-14)25-26-18(15)28-17-12-4-2-3-5-13(12)22-11-23-17/h2-5,10-11H,6-9,20H2,1H3,(H,24,25,26). The molecule has 4 aromatic rings. The summed E-state index contributed by atoms with van der Waals surface area (Å²) in [6.45, 7) is 3.88. The summed E-state index contributed by atoms with van der Waals surface area (Å²) in [5.41, 5.74) is 8.48. The lowest BCUT2D eigenvalue weighted by Crippen LogP contribution is -2.48. The van der Waals surface area contributed by atoms with Crippen molar-refractivity contribution in [3.05, 3.63) is 36.8 Å². The van der Waals surface area contributed by atoms with Gasteiger partial charge in [0.05, 0.1) is 11.7 Å². The smallest absolute Gasteiger partial charge is 0.177 e. The normalized spacial score (nSPS) is 16.7. The second kappa shape index (κ2) is 6.68. The van der Waals surface area contributed by atoms with Gasteiger partial charge in [-0.25, -0.2) is 19.9 Å². The van der Waals surface area contributed by atoms with Crippen molar-refractivity contribution in [2.75, 3.05) is 18.0 Å². The van der Waals surface area contributed by atoms with E-state index >= 15 is 0 Å². The number of hydrogen-bond acceptors (Lipinski definition) is 8. The van der Waals surface area contributed by atoms with E-state index in [1.807, 2.05) is 30.5 Å². The molecule has 0 bridgehead atoms. The van der Waals surface area contributed by atoms with Crippen molar-refractivity contribution in [3.63, 3.8) is 0 Å². The molecule has 0 radical (unpaired) electrons. The van der Waals surface area contributed by atoms with Gasteiger partial charge in [-0.1, -0.05) is 18.2 Å². The molecular formula is C19H20N8S. The SMILES string of the molecule is CC1(N)CCN(c2cnc3c(Sc4ncnc5ccccc45)n[nH]c3n2)CC1. The molecule has 4 heterocycles. The molecule has 0 saturated carbocycles. The third-order valence-corrected chi connectivity index (χ3v) is 6.15. The molecule has 1 aliphatic rings. The van der Waals surface area contributed by atoms with Gasteiger partial charge in [0.1, 0.15) is 22.7 Å². The van der Waals surface area contributed by atoms with Crippen molar-refractivity contribution in [2.24, 2.45) is 5.73 Å². The molecule has 3 aromatic heterocycles. The number of rotatable bonds is 3. The van der Waals surface area contributed by atoms with Crippen molar-refractivity contribution < 1.29 is 0 Å². The second-order valence-corrected chi connectivity index (χ2v) is 8.37. The van der Waals surface area contributed by atoms with E-state index in [1.165, 1.54) is 11.8 Å². The number of aromatic nitrogens is 6. The number of para-hydroxylation sites is 1. The molecule has 0 atom stereocenters. The van der Waals surface area contributed by atoms with E-state index in [1.54, 1.807) is 6.33 Å². The highest BCUT2D eigenvalue weighted by Gasteiger charge is 2.27. The first-order valence-corrected chi connectivity index (χ1v) is 10.0. The highest BCUT2D eigenvalue weighted by atomic mass is 32.2. The maximum atomic E-state index is 6.23. The second-order valence-electron chi connectivity index (χ2n) is 7.39. The Morgan fingerprint density at radius 1 is 1.11 bits per heavy atom. The Bertz CT molecular complexity index is 1140. The van der Waals surface area contributed by atoms with Gasteiger partial charge in [0.2, 0.25) is 0 Å². The first kappa shape index (κ1) is 17.3. The number of hydrogen-bond donors (Lipinski definition) is 2. The Morgan fingerprint density at radius 3 is 2.79 bits per heavy atom. The summed E-state index contributed by atoms with van der Waals surface area (Å²) in [6, 6.07) is 7.93. The summed E-state index contributed by atoms with van der Waals surface area (Å²) in [4.78, 5) is 20.3. The minimum Gasteiger partial charge on any atom is -0.355 e.